The summed E-state index contributed by atoms with van der Waals surface area (Å²) in [5.74, 6) is 0. The van der Waals surface area contributed by atoms with Crippen molar-refractivity contribution in [2.45, 2.75) is 18.9 Å². The molecule has 0 aliphatic carbocycles. The smallest absolute Gasteiger partial charge is 0.101 e. The lowest BCUT2D eigenvalue weighted by atomic mass is 9.96. The number of piperidine rings is 1. The monoisotopic (exact) mass is 353 g/mol. The molecule has 0 saturated carbocycles. The van der Waals surface area contributed by atoms with Crippen LogP contribution in [0, 0.1) is 22.7 Å². The number of hydrogen-bond acceptors (Lipinski definition) is 5. The molecule has 0 atom stereocenters. The highest BCUT2D eigenvalue weighted by atomic mass is 15.0. The molecule has 27 heavy (non-hydrogen) atoms. The van der Waals surface area contributed by atoms with Crippen LogP contribution in [0.1, 0.15) is 24.0 Å². The number of hydrogen-bond donors (Lipinski definition) is 2. The molecule has 0 amide bonds. The molecule has 1 fully saturated rings. The molecule has 2 heterocycles. The van der Waals surface area contributed by atoms with Crippen LogP contribution in [0.3, 0.4) is 0 Å². The first kappa shape index (κ1) is 17.0. The molecule has 1 aliphatic heterocycles. The number of aromatic nitrogens is 1. The summed E-state index contributed by atoms with van der Waals surface area (Å²) >= 11 is 0. The highest BCUT2D eigenvalue weighted by Gasteiger charge is 2.15. The van der Waals surface area contributed by atoms with Crippen LogP contribution >= 0.6 is 0 Å². The number of anilines is 1. The van der Waals surface area contributed by atoms with Crippen LogP contribution in [-0.4, -0.2) is 24.1 Å². The summed E-state index contributed by atoms with van der Waals surface area (Å²) in [5, 5.41) is 27.8. The van der Waals surface area contributed by atoms with E-state index in [0.29, 0.717) is 17.2 Å². The molecule has 0 spiro atoms. The molecule has 5 heteroatoms. The van der Waals surface area contributed by atoms with Crippen molar-refractivity contribution in [1.82, 2.24) is 10.3 Å². The average Bonchev–Trinajstić information content (AvgIpc) is 2.74. The summed E-state index contributed by atoms with van der Waals surface area (Å²) in [4.78, 5) is 4.29. The molecule has 4 rings (SSSR count). The van der Waals surface area contributed by atoms with Gasteiger partial charge < -0.3 is 10.6 Å². The third-order valence-corrected chi connectivity index (χ3v) is 5.05. The van der Waals surface area contributed by atoms with Crippen molar-refractivity contribution in [3.8, 4) is 23.3 Å². The minimum Gasteiger partial charge on any atom is -0.382 e. The number of benzene rings is 2. The van der Waals surface area contributed by atoms with Crippen molar-refractivity contribution in [3.63, 3.8) is 0 Å². The molecule has 0 unspecified atom stereocenters. The second-order valence-electron chi connectivity index (χ2n) is 6.77. The first-order valence-electron chi connectivity index (χ1n) is 9.08. The Labute approximate surface area is 158 Å². The standard InChI is InChI=1S/C22H19N5/c23-12-17-2-1-15(9-19(17)13-24)18-10-16-3-6-26-14-21(16)22(11-18)27-20-4-7-25-8-5-20/h1-3,6,9-11,14,20,25,27H,4-5,7-8H2. The van der Waals surface area contributed by atoms with Gasteiger partial charge in [-0.1, -0.05) is 6.07 Å². The Morgan fingerprint density at radius 3 is 2.56 bits per heavy atom. The Morgan fingerprint density at radius 2 is 1.78 bits per heavy atom. The highest BCUT2D eigenvalue weighted by Crippen LogP contribution is 2.32. The number of pyridine rings is 1. The third-order valence-electron chi connectivity index (χ3n) is 5.05. The fourth-order valence-corrected chi connectivity index (χ4v) is 3.58. The van der Waals surface area contributed by atoms with Gasteiger partial charge in [-0.05, 0) is 72.8 Å². The van der Waals surface area contributed by atoms with Gasteiger partial charge in [-0.15, -0.1) is 0 Å². The van der Waals surface area contributed by atoms with Crippen molar-refractivity contribution in [2.75, 3.05) is 18.4 Å². The van der Waals surface area contributed by atoms with Crippen LogP contribution in [-0.2, 0) is 0 Å². The zero-order valence-electron chi connectivity index (χ0n) is 14.9. The van der Waals surface area contributed by atoms with Gasteiger partial charge in [0.15, 0.2) is 0 Å². The molecule has 1 aromatic heterocycles. The van der Waals surface area contributed by atoms with Crippen LogP contribution < -0.4 is 10.6 Å². The van der Waals surface area contributed by atoms with E-state index in [9.17, 15) is 5.26 Å². The van der Waals surface area contributed by atoms with E-state index in [0.717, 1.165) is 53.5 Å². The maximum Gasteiger partial charge on any atom is 0.101 e. The van der Waals surface area contributed by atoms with E-state index in [-0.39, 0.29) is 0 Å². The van der Waals surface area contributed by atoms with Crippen molar-refractivity contribution in [1.29, 1.82) is 10.5 Å². The molecule has 3 aromatic rings. The fraction of sp³-hybridized carbons (Fsp3) is 0.227. The first-order valence-corrected chi connectivity index (χ1v) is 9.08. The van der Waals surface area contributed by atoms with Gasteiger partial charge >= 0.3 is 0 Å². The maximum absolute atomic E-state index is 9.34. The second kappa shape index (κ2) is 7.45. The first-order chi connectivity index (χ1) is 13.3. The molecule has 132 valence electrons. The lowest BCUT2D eigenvalue weighted by molar-refractivity contribution is 0.479. The molecular weight excluding hydrogens is 334 g/mol. The second-order valence-corrected chi connectivity index (χ2v) is 6.77. The summed E-state index contributed by atoms with van der Waals surface area (Å²) < 4.78 is 0. The predicted molar refractivity (Wildman–Crippen MR) is 106 cm³/mol. The van der Waals surface area contributed by atoms with Crippen molar-refractivity contribution < 1.29 is 0 Å². The van der Waals surface area contributed by atoms with Crippen molar-refractivity contribution in [2.24, 2.45) is 0 Å². The van der Waals surface area contributed by atoms with Crippen molar-refractivity contribution >= 4 is 16.5 Å². The van der Waals surface area contributed by atoms with E-state index < -0.39 is 0 Å². The summed E-state index contributed by atoms with van der Waals surface area (Å²) in [6.07, 6.45) is 5.85. The van der Waals surface area contributed by atoms with Gasteiger partial charge in [0.1, 0.15) is 12.1 Å². The number of fused-ring (bicyclic) bond motifs is 1. The van der Waals surface area contributed by atoms with Gasteiger partial charge in [-0.25, -0.2) is 0 Å². The molecular formula is C22H19N5. The van der Waals surface area contributed by atoms with Crippen LogP contribution in [0.5, 0.6) is 0 Å². The minimum absolute atomic E-state index is 0.401. The Hall–Kier alpha value is -3.41. The van der Waals surface area contributed by atoms with Gasteiger partial charge in [-0.3, -0.25) is 4.98 Å². The van der Waals surface area contributed by atoms with Gasteiger partial charge in [-0.2, -0.15) is 10.5 Å². The largest absolute Gasteiger partial charge is 0.382 e. The number of nitriles is 2. The van der Waals surface area contributed by atoms with E-state index in [2.05, 4.69) is 39.9 Å². The fourth-order valence-electron chi connectivity index (χ4n) is 3.58. The number of nitrogens with one attached hydrogen (secondary N) is 2. The molecule has 2 N–H and O–H groups in total. The lowest BCUT2D eigenvalue weighted by Crippen LogP contribution is -2.35. The van der Waals surface area contributed by atoms with Crippen LogP contribution in [0.25, 0.3) is 21.9 Å². The lowest BCUT2D eigenvalue weighted by Gasteiger charge is -2.25. The minimum atomic E-state index is 0.401. The molecule has 2 aromatic carbocycles. The average molecular weight is 353 g/mol. The van der Waals surface area contributed by atoms with Gasteiger partial charge in [0.05, 0.1) is 11.1 Å². The van der Waals surface area contributed by atoms with E-state index in [4.69, 9.17) is 5.26 Å². The summed E-state index contributed by atoms with van der Waals surface area (Å²) in [5.41, 5.74) is 3.81. The zero-order valence-corrected chi connectivity index (χ0v) is 14.9. The predicted octanol–water partition coefficient (Wildman–Crippen LogP) is 3.81. The molecule has 1 aliphatic rings. The van der Waals surface area contributed by atoms with E-state index in [1.807, 2.05) is 18.3 Å². The highest BCUT2D eigenvalue weighted by molar-refractivity contribution is 5.97. The summed E-state index contributed by atoms with van der Waals surface area (Å²) in [6, 6.07) is 16.2. The number of nitrogens with zero attached hydrogens (tertiary/aromatic N) is 3. The molecule has 5 nitrogen and oxygen atoms in total. The third kappa shape index (κ3) is 3.46. The SMILES string of the molecule is N#Cc1ccc(-c2cc(NC3CCNCC3)c3cnccc3c2)cc1C#N. The van der Waals surface area contributed by atoms with Crippen molar-refractivity contribution in [3.05, 3.63) is 59.9 Å². The Morgan fingerprint density at radius 1 is 0.963 bits per heavy atom. The van der Waals surface area contributed by atoms with Gasteiger partial charge in [0.25, 0.3) is 0 Å². The Bertz CT molecular complexity index is 1070. The zero-order chi connectivity index (χ0) is 18.6. The van der Waals surface area contributed by atoms with Crippen LogP contribution in [0.2, 0.25) is 0 Å². The van der Waals surface area contributed by atoms with E-state index in [1.165, 1.54) is 0 Å². The molecule has 0 radical (unpaired) electrons. The summed E-state index contributed by atoms with van der Waals surface area (Å²) in [6.45, 7) is 2.05. The van der Waals surface area contributed by atoms with Gasteiger partial charge in [0, 0.05) is 29.5 Å². The molecule has 0 bridgehead atoms. The van der Waals surface area contributed by atoms with E-state index in [1.54, 1.807) is 18.3 Å². The Balaban J connectivity index is 1.80. The Kier molecular flexibility index (Phi) is 4.70. The normalized spacial score (nSPS) is 14.4. The van der Waals surface area contributed by atoms with E-state index >= 15 is 0 Å². The summed E-state index contributed by atoms with van der Waals surface area (Å²) in [7, 11) is 0. The quantitative estimate of drug-likeness (QED) is 0.748. The number of rotatable bonds is 3. The van der Waals surface area contributed by atoms with Crippen LogP contribution in [0.4, 0.5) is 5.69 Å². The van der Waals surface area contributed by atoms with Gasteiger partial charge in [0.2, 0.25) is 0 Å². The molecule has 1 saturated heterocycles. The topological polar surface area (TPSA) is 84.5 Å². The van der Waals surface area contributed by atoms with Crippen LogP contribution in [0.15, 0.2) is 48.8 Å². The maximum atomic E-state index is 9.34.